The number of nitrogens with zero attached hydrogens (tertiary/aromatic N) is 1. The topological polar surface area (TPSA) is 103 Å². The monoisotopic (exact) mass is 474 g/mol. The number of allylic oxidation sites excluding steroid dienone is 1. The second kappa shape index (κ2) is 11.4. The van der Waals surface area contributed by atoms with Crippen LogP contribution in [0.5, 0.6) is 17.2 Å². The molecule has 1 aliphatic heterocycles. The van der Waals surface area contributed by atoms with Crippen LogP contribution in [-0.2, 0) is 19.1 Å². The molecule has 0 aliphatic carbocycles. The van der Waals surface area contributed by atoms with Crippen molar-refractivity contribution < 1.29 is 46.5 Å². The van der Waals surface area contributed by atoms with E-state index in [1.54, 1.807) is 0 Å². The van der Waals surface area contributed by atoms with Gasteiger partial charge in [-0.2, -0.15) is 13.2 Å². The summed E-state index contributed by atoms with van der Waals surface area (Å²) in [7, 11) is 4.31. The minimum absolute atomic E-state index is 0.277. The number of hydrogen-bond donors (Lipinski definition) is 1. The standard InChI is InChI=1S/C21H25F3N2O7/c1-30-15-10-14(11-16(31-2)19(15)32-3)25-18(28)12-33-20(29)13-4-7-26(8-5-13)9-6-17(27)21(22,23)24/h6,9-11,13H,4-5,7-8,12H2,1-3H3,(H,25,28). The second-order valence-corrected chi connectivity index (χ2v) is 7.06. The van der Waals surface area contributed by atoms with Gasteiger partial charge in [0.2, 0.25) is 5.75 Å². The molecule has 0 spiro atoms. The first-order valence-corrected chi connectivity index (χ1v) is 9.89. The lowest BCUT2D eigenvalue weighted by Gasteiger charge is -2.29. The van der Waals surface area contributed by atoms with Gasteiger partial charge < -0.3 is 29.2 Å². The molecule has 1 aromatic carbocycles. The van der Waals surface area contributed by atoms with Gasteiger partial charge in [-0.3, -0.25) is 14.4 Å². The maximum atomic E-state index is 12.2. The molecule has 0 radical (unpaired) electrons. The number of carbonyl (C=O) groups excluding carboxylic acids is 3. The van der Waals surface area contributed by atoms with Gasteiger partial charge in [-0.05, 0) is 12.8 Å². The summed E-state index contributed by atoms with van der Waals surface area (Å²) in [6.45, 7) is 0.0355. The van der Waals surface area contributed by atoms with Crippen LogP contribution in [0.15, 0.2) is 24.4 Å². The van der Waals surface area contributed by atoms with E-state index in [-0.39, 0.29) is 13.1 Å². The van der Waals surface area contributed by atoms with Crippen molar-refractivity contribution in [3.05, 3.63) is 24.4 Å². The van der Waals surface area contributed by atoms with Gasteiger partial charge in [0, 0.05) is 43.2 Å². The zero-order valence-corrected chi connectivity index (χ0v) is 18.4. The highest BCUT2D eigenvalue weighted by molar-refractivity contribution is 5.94. The van der Waals surface area contributed by atoms with Crippen LogP contribution in [0.4, 0.5) is 18.9 Å². The highest BCUT2D eigenvalue weighted by Crippen LogP contribution is 2.39. The Morgan fingerprint density at radius 2 is 1.64 bits per heavy atom. The fourth-order valence-corrected chi connectivity index (χ4v) is 3.16. The highest BCUT2D eigenvalue weighted by Gasteiger charge is 2.36. The molecule has 0 aromatic heterocycles. The SMILES string of the molecule is COc1cc(NC(=O)COC(=O)C2CCN(C=CC(=O)C(F)(F)F)CC2)cc(OC)c1OC. The summed E-state index contributed by atoms with van der Waals surface area (Å²) in [6, 6.07) is 3.04. The van der Waals surface area contributed by atoms with Crippen molar-refractivity contribution >= 4 is 23.3 Å². The summed E-state index contributed by atoms with van der Waals surface area (Å²) in [5.74, 6) is -2.57. The maximum absolute atomic E-state index is 12.2. The first-order chi connectivity index (χ1) is 15.6. The maximum Gasteiger partial charge on any atom is 0.454 e. The number of rotatable bonds is 9. The third-order valence-electron chi connectivity index (χ3n) is 4.87. The molecule has 1 N–H and O–H groups in total. The minimum atomic E-state index is -4.92. The number of hydrogen-bond acceptors (Lipinski definition) is 8. The van der Waals surface area contributed by atoms with Crippen LogP contribution in [0.1, 0.15) is 12.8 Å². The number of carbonyl (C=O) groups is 3. The summed E-state index contributed by atoms with van der Waals surface area (Å²) < 4.78 is 57.4. The average molecular weight is 474 g/mol. The fourth-order valence-electron chi connectivity index (χ4n) is 3.16. The Bertz CT molecular complexity index is 869. The van der Waals surface area contributed by atoms with E-state index in [4.69, 9.17) is 18.9 Å². The van der Waals surface area contributed by atoms with E-state index in [0.717, 1.165) is 6.20 Å². The van der Waals surface area contributed by atoms with Crippen molar-refractivity contribution in [3.63, 3.8) is 0 Å². The van der Waals surface area contributed by atoms with Gasteiger partial charge in [-0.15, -0.1) is 0 Å². The lowest BCUT2D eigenvalue weighted by atomic mass is 9.97. The van der Waals surface area contributed by atoms with Crippen LogP contribution in [0.25, 0.3) is 0 Å². The first-order valence-electron chi connectivity index (χ1n) is 9.89. The van der Waals surface area contributed by atoms with Gasteiger partial charge in [-0.1, -0.05) is 0 Å². The van der Waals surface area contributed by atoms with E-state index in [1.165, 1.54) is 38.4 Å². The Morgan fingerprint density at radius 3 is 2.12 bits per heavy atom. The third kappa shape index (κ3) is 7.29. The Morgan fingerprint density at radius 1 is 1.06 bits per heavy atom. The highest BCUT2D eigenvalue weighted by atomic mass is 19.4. The van der Waals surface area contributed by atoms with E-state index >= 15 is 0 Å². The number of piperidine rings is 1. The molecule has 33 heavy (non-hydrogen) atoms. The first kappa shape index (κ1) is 25.8. The van der Waals surface area contributed by atoms with Crippen LogP contribution in [0, 0.1) is 5.92 Å². The number of alkyl halides is 3. The fraction of sp³-hybridized carbons (Fsp3) is 0.476. The quantitative estimate of drug-likeness (QED) is 0.430. The molecular formula is C21H25F3N2O7. The minimum Gasteiger partial charge on any atom is -0.493 e. The molecule has 0 atom stereocenters. The molecule has 1 heterocycles. The Kier molecular flexibility index (Phi) is 8.94. The van der Waals surface area contributed by atoms with Crippen LogP contribution in [0.3, 0.4) is 0 Å². The van der Waals surface area contributed by atoms with E-state index in [1.807, 2.05) is 0 Å². The van der Waals surface area contributed by atoms with Crippen molar-refractivity contribution in [3.8, 4) is 17.2 Å². The Labute approximate surface area is 188 Å². The van der Waals surface area contributed by atoms with Crippen LogP contribution in [-0.4, -0.2) is 69.8 Å². The number of esters is 1. The molecule has 0 saturated carbocycles. The number of anilines is 1. The number of benzene rings is 1. The summed E-state index contributed by atoms with van der Waals surface area (Å²) in [6.07, 6.45) is -2.74. The van der Waals surface area contributed by atoms with Gasteiger partial charge in [0.15, 0.2) is 18.1 Å². The van der Waals surface area contributed by atoms with Gasteiger partial charge in [0.25, 0.3) is 11.7 Å². The lowest BCUT2D eigenvalue weighted by Crippen LogP contribution is -2.35. The molecule has 1 amide bonds. The number of likely N-dealkylation sites (tertiary alicyclic amines) is 1. The Hall–Kier alpha value is -3.44. The van der Waals surface area contributed by atoms with Crippen molar-refractivity contribution in [1.29, 1.82) is 0 Å². The van der Waals surface area contributed by atoms with Crippen molar-refractivity contribution in [1.82, 2.24) is 4.90 Å². The van der Waals surface area contributed by atoms with Gasteiger partial charge in [0.1, 0.15) is 0 Å². The predicted molar refractivity (Wildman–Crippen MR) is 110 cm³/mol. The van der Waals surface area contributed by atoms with E-state index in [0.29, 0.717) is 41.9 Å². The molecule has 9 nitrogen and oxygen atoms in total. The predicted octanol–water partition coefficient (Wildman–Crippen LogP) is 2.55. The number of nitrogens with one attached hydrogen (secondary N) is 1. The second-order valence-electron chi connectivity index (χ2n) is 7.06. The summed E-state index contributed by atoms with van der Waals surface area (Å²) in [5.41, 5.74) is 0.346. The molecule has 182 valence electrons. The van der Waals surface area contributed by atoms with Gasteiger partial charge in [0.05, 0.1) is 27.2 Å². The molecular weight excluding hydrogens is 449 g/mol. The molecule has 1 saturated heterocycles. The zero-order chi connectivity index (χ0) is 24.6. The zero-order valence-electron chi connectivity index (χ0n) is 18.4. The average Bonchev–Trinajstić information content (AvgIpc) is 2.79. The van der Waals surface area contributed by atoms with E-state index in [9.17, 15) is 27.6 Å². The van der Waals surface area contributed by atoms with Crippen LogP contribution >= 0.6 is 0 Å². The summed E-state index contributed by atoms with van der Waals surface area (Å²) in [4.78, 5) is 36.8. The van der Waals surface area contributed by atoms with E-state index in [2.05, 4.69) is 5.32 Å². The number of methoxy groups -OCH3 is 3. The molecule has 1 aliphatic rings. The van der Waals surface area contributed by atoms with Crippen molar-refractivity contribution in [2.75, 3.05) is 46.3 Å². The van der Waals surface area contributed by atoms with Crippen LogP contribution < -0.4 is 19.5 Å². The Balaban J connectivity index is 1.83. The third-order valence-corrected chi connectivity index (χ3v) is 4.87. The van der Waals surface area contributed by atoms with Crippen molar-refractivity contribution in [2.45, 2.75) is 19.0 Å². The van der Waals surface area contributed by atoms with Crippen LogP contribution in [0.2, 0.25) is 0 Å². The molecule has 1 fully saturated rings. The number of amides is 1. The van der Waals surface area contributed by atoms with Crippen molar-refractivity contribution in [2.24, 2.45) is 5.92 Å². The van der Waals surface area contributed by atoms with Gasteiger partial charge >= 0.3 is 12.1 Å². The number of ether oxygens (including phenoxy) is 4. The normalized spacial score (nSPS) is 14.7. The summed E-state index contributed by atoms with van der Waals surface area (Å²) >= 11 is 0. The molecule has 0 bridgehead atoms. The summed E-state index contributed by atoms with van der Waals surface area (Å²) in [5, 5.41) is 2.57. The largest absolute Gasteiger partial charge is 0.493 e. The van der Waals surface area contributed by atoms with E-state index < -0.39 is 36.4 Å². The molecule has 2 rings (SSSR count). The molecule has 12 heteroatoms. The number of ketones is 1. The smallest absolute Gasteiger partial charge is 0.454 e. The lowest BCUT2D eigenvalue weighted by molar-refractivity contribution is -0.165. The number of halogens is 3. The van der Waals surface area contributed by atoms with Gasteiger partial charge in [-0.25, -0.2) is 0 Å². The molecule has 1 aromatic rings. The molecule has 0 unspecified atom stereocenters.